The zero-order valence-corrected chi connectivity index (χ0v) is 30.8. The molecule has 0 amide bonds. The molecule has 0 radical (unpaired) electrons. The Hall–Kier alpha value is -4.06. The molecular weight excluding hydrogens is 589 g/mol. The molecule has 2 atom stereocenters. The van der Waals surface area contributed by atoms with Crippen molar-refractivity contribution in [2.75, 3.05) is 9.13 Å². The average molecular weight is 641 g/mol. The third-order valence-corrected chi connectivity index (χ3v) is 14.8. The predicted molar refractivity (Wildman–Crippen MR) is 204 cm³/mol. The van der Waals surface area contributed by atoms with E-state index in [4.69, 9.17) is 12.4 Å². The topological polar surface area (TPSA) is 35.7 Å². The molecule has 0 fully saturated rings. The summed E-state index contributed by atoms with van der Waals surface area (Å²) in [5, 5.41) is 0. The summed E-state index contributed by atoms with van der Waals surface area (Å²) >= 11 is 0. The van der Waals surface area contributed by atoms with Gasteiger partial charge in [-0.1, -0.05) is 153 Å². The summed E-state index contributed by atoms with van der Waals surface area (Å²) in [5.41, 5.74) is 13.7. The Labute approximate surface area is 284 Å². The van der Waals surface area contributed by atoms with Crippen molar-refractivity contribution in [2.24, 2.45) is 5.84 Å². The molecule has 2 aliphatic heterocycles. The summed E-state index contributed by atoms with van der Waals surface area (Å²) < 4.78 is 7.60. The van der Waals surface area contributed by atoms with Crippen LogP contribution in [0.5, 0.6) is 0 Å². The van der Waals surface area contributed by atoms with Gasteiger partial charge < -0.3 is 9.13 Å². The van der Waals surface area contributed by atoms with E-state index in [-0.39, 0.29) is 5.54 Å². The van der Waals surface area contributed by atoms with E-state index >= 15 is 0 Å². The SMILES string of the molecule is C=C1C=C(C)N(c2c(C(C)C)cccc2C(C)C)[Si]2(C3C=CC=CC3=C(c3ccccc3)N2N)N1c1c(C(C)C)cccc1C(C)C. The van der Waals surface area contributed by atoms with Crippen LogP contribution in [0.2, 0.25) is 5.54 Å². The number of fused-ring (bicyclic) bond motifs is 2. The number of anilines is 2. The van der Waals surface area contributed by atoms with Crippen molar-refractivity contribution in [1.29, 1.82) is 0 Å². The molecule has 3 aromatic carbocycles. The molecule has 47 heavy (non-hydrogen) atoms. The Morgan fingerprint density at radius 1 is 0.660 bits per heavy atom. The molecule has 4 nitrogen and oxygen atoms in total. The summed E-state index contributed by atoms with van der Waals surface area (Å²) in [6, 6.07) is 24.5. The van der Waals surface area contributed by atoms with Gasteiger partial charge in [0.25, 0.3) is 0 Å². The lowest BCUT2D eigenvalue weighted by atomic mass is 9.92. The molecule has 6 rings (SSSR count). The first-order valence-corrected chi connectivity index (χ1v) is 19.3. The predicted octanol–water partition coefficient (Wildman–Crippen LogP) is 11.0. The first-order valence-electron chi connectivity index (χ1n) is 17.3. The number of para-hydroxylation sites is 2. The van der Waals surface area contributed by atoms with Gasteiger partial charge in [-0.2, -0.15) is 0 Å². The van der Waals surface area contributed by atoms with Gasteiger partial charge in [0.1, 0.15) is 0 Å². The van der Waals surface area contributed by atoms with E-state index in [2.05, 4.69) is 173 Å². The maximum absolute atomic E-state index is 7.88. The molecule has 0 saturated heterocycles. The standard InChI is InChI=1S/C42H52N4Si/c1-27(2)34-21-16-22-35(28(3)4)41(34)44-31(9)26-32(10)45(42-36(29(5)6)23-17-24-37(42)30(7)8)47(44)39-25-15-14-20-38(39)40(46(47)43)33-18-12-11-13-19-33/h11-30,39H,9,43H2,1-8,10H3. The minimum atomic E-state index is -3.31. The van der Waals surface area contributed by atoms with E-state index in [0.717, 1.165) is 17.0 Å². The Morgan fingerprint density at radius 3 is 1.64 bits per heavy atom. The van der Waals surface area contributed by atoms with Crippen LogP contribution in [0.15, 0.2) is 121 Å². The third kappa shape index (κ3) is 5.06. The van der Waals surface area contributed by atoms with Crippen molar-refractivity contribution in [3.63, 3.8) is 0 Å². The molecule has 2 N–H and O–H groups in total. The molecule has 3 aromatic rings. The van der Waals surface area contributed by atoms with Crippen LogP contribution in [0, 0.1) is 0 Å². The fraction of sp³-hybridized carbons (Fsp3) is 0.333. The zero-order valence-electron chi connectivity index (χ0n) is 29.8. The zero-order chi connectivity index (χ0) is 33.8. The second-order valence-corrected chi connectivity index (χ2v) is 18.0. The second-order valence-electron chi connectivity index (χ2n) is 14.6. The normalized spacial score (nSPS) is 21.0. The van der Waals surface area contributed by atoms with E-state index < -0.39 is 8.56 Å². The van der Waals surface area contributed by atoms with Gasteiger partial charge in [-0.05, 0) is 70.1 Å². The highest BCUT2D eigenvalue weighted by Gasteiger charge is 2.67. The van der Waals surface area contributed by atoms with Crippen LogP contribution < -0.4 is 15.0 Å². The quantitative estimate of drug-likeness (QED) is 0.206. The average Bonchev–Trinajstić information content (AvgIpc) is 3.28. The van der Waals surface area contributed by atoms with Gasteiger partial charge in [-0.3, -0.25) is 10.5 Å². The fourth-order valence-electron chi connectivity index (χ4n) is 8.08. The Bertz CT molecular complexity index is 1760. The summed E-state index contributed by atoms with van der Waals surface area (Å²) in [6.07, 6.45) is 11.4. The maximum atomic E-state index is 7.88. The summed E-state index contributed by atoms with van der Waals surface area (Å²) in [6.45, 7) is 25.7. The van der Waals surface area contributed by atoms with Crippen LogP contribution >= 0.6 is 0 Å². The number of allylic oxidation sites excluding steroid dienone is 7. The largest absolute Gasteiger partial charge is 0.415 e. The lowest BCUT2D eigenvalue weighted by molar-refractivity contribution is 0.606. The molecule has 1 spiro atoms. The second kappa shape index (κ2) is 12.5. The van der Waals surface area contributed by atoms with Crippen LogP contribution in [0.4, 0.5) is 11.4 Å². The van der Waals surface area contributed by atoms with Gasteiger partial charge in [0.15, 0.2) is 0 Å². The van der Waals surface area contributed by atoms with Crippen LogP contribution in [-0.4, -0.2) is 13.2 Å². The number of nitrogens with zero attached hydrogens (tertiary/aromatic N) is 3. The van der Waals surface area contributed by atoms with Crippen molar-refractivity contribution in [3.05, 3.63) is 148 Å². The van der Waals surface area contributed by atoms with Crippen LogP contribution in [-0.2, 0) is 0 Å². The smallest absolute Gasteiger partial charge is 0.335 e. The third-order valence-electron chi connectivity index (χ3n) is 10.2. The van der Waals surface area contributed by atoms with E-state index in [1.807, 2.05) is 0 Å². The first kappa shape index (κ1) is 32.9. The van der Waals surface area contributed by atoms with Gasteiger partial charge in [-0.25, -0.2) is 0 Å². The number of hydrazine groups is 1. The molecule has 2 unspecified atom stereocenters. The van der Waals surface area contributed by atoms with Gasteiger partial charge in [-0.15, -0.1) is 0 Å². The van der Waals surface area contributed by atoms with Crippen molar-refractivity contribution >= 4 is 25.6 Å². The number of rotatable bonds is 7. The van der Waals surface area contributed by atoms with Gasteiger partial charge >= 0.3 is 8.56 Å². The Kier molecular flexibility index (Phi) is 8.75. The maximum Gasteiger partial charge on any atom is 0.415 e. The highest BCUT2D eigenvalue weighted by atomic mass is 28.4. The molecule has 0 aromatic heterocycles. The van der Waals surface area contributed by atoms with Crippen molar-refractivity contribution in [1.82, 2.24) is 4.67 Å². The monoisotopic (exact) mass is 640 g/mol. The molecule has 0 saturated carbocycles. The van der Waals surface area contributed by atoms with E-state index in [0.29, 0.717) is 23.7 Å². The highest BCUT2D eigenvalue weighted by molar-refractivity contribution is 6.90. The molecule has 1 aliphatic carbocycles. The van der Waals surface area contributed by atoms with E-state index in [1.54, 1.807) is 0 Å². The molecular formula is C42H52N4Si. The number of hydrogen-bond acceptors (Lipinski definition) is 4. The Balaban J connectivity index is 1.81. The summed E-state index contributed by atoms with van der Waals surface area (Å²) in [7, 11) is -3.31. The van der Waals surface area contributed by atoms with Gasteiger partial charge in [0.05, 0.1) is 11.2 Å². The summed E-state index contributed by atoms with van der Waals surface area (Å²) in [4.78, 5) is 0. The number of benzene rings is 3. The van der Waals surface area contributed by atoms with Gasteiger partial charge in [0.2, 0.25) is 0 Å². The van der Waals surface area contributed by atoms with Gasteiger partial charge in [0, 0.05) is 22.8 Å². The molecule has 5 heteroatoms. The molecule has 244 valence electrons. The lowest BCUT2D eigenvalue weighted by Crippen LogP contribution is -2.78. The summed E-state index contributed by atoms with van der Waals surface area (Å²) in [5.74, 6) is 9.16. The Morgan fingerprint density at radius 2 is 1.15 bits per heavy atom. The highest BCUT2D eigenvalue weighted by Crippen LogP contribution is 2.58. The molecule has 2 heterocycles. The first-order chi connectivity index (χ1) is 22.4. The number of nitrogens with two attached hydrogens (primary N) is 1. The fourth-order valence-corrected chi connectivity index (χ4v) is 13.4. The lowest BCUT2D eigenvalue weighted by Gasteiger charge is -2.58. The van der Waals surface area contributed by atoms with E-state index in [1.165, 1.54) is 44.9 Å². The van der Waals surface area contributed by atoms with E-state index in [9.17, 15) is 0 Å². The number of hydrogen-bond donors (Lipinski definition) is 1. The van der Waals surface area contributed by atoms with Crippen molar-refractivity contribution in [3.8, 4) is 0 Å². The minimum Gasteiger partial charge on any atom is -0.335 e. The van der Waals surface area contributed by atoms with Crippen LogP contribution in [0.25, 0.3) is 5.70 Å². The van der Waals surface area contributed by atoms with Crippen molar-refractivity contribution < 1.29 is 0 Å². The van der Waals surface area contributed by atoms with Crippen LogP contribution in [0.1, 0.15) is 114 Å². The van der Waals surface area contributed by atoms with Crippen molar-refractivity contribution in [2.45, 2.75) is 91.5 Å². The molecule has 3 aliphatic rings. The minimum absolute atomic E-state index is 0.0357. The molecule has 0 bridgehead atoms. The van der Waals surface area contributed by atoms with Crippen LogP contribution in [0.3, 0.4) is 0 Å².